The number of fused-ring (bicyclic) bond motifs is 1. The average Bonchev–Trinajstić information content (AvgIpc) is 2.69. The van der Waals surface area contributed by atoms with Crippen molar-refractivity contribution in [2.45, 2.75) is 56.2 Å². The molecule has 0 amide bonds. The van der Waals surface area contributed by atoms with E-state index in [4.69, 9.17) is 0 Å². The van der Waals surface area contributed by atoms with Crippen molar-refractivity contribution in [1.82, 2.24) is 5.32 Å². The van der Waals surface area contributed by atoms with Gasteiger partial charge in [0.2, 0.25) is 0 Å². The van der Waals surface area contributed by atoms with Crippen molar-refractivity contribution in [3.8, 4) is 5.75 Å². The van der Waals surface area contributed by atoms with E-state index >= 15 is 0 Å². The van der Waals surface area contributed by atoms with E-state index in [-0.39, 0.29) is 11.2 Å². The Bertz CT molecular complexity index is 921. The highest BCUT2D eigenvalue weighted by molar-refractivity contribution is 5.69. The molecule has 5 rings (SSSR count). The van der Waals surface area contributed by atoms with E-state index in [0.29, 0.717) is 23.3 Å². The number of halogens is 3. The SMILES string of the molecule is Oc1cc2c(cc1Nc1ccc(C(F)(F)F)cc1)C[C@H]1NCC[C@@]23CCCC[C@@H]13. The highest BCUT2D eigenvalue weighted by Gasteiger charge is 2.51. The van der Waals surface area contributed by atoms with Gasteiger partial charge in [-0.2, -0.15) is 13.2 Å². The Morgan fingerprint density at radius 2 is 1.86 bits per heavy atom. The van der Waals surface area contributed by atoms with Crippen LogP contribution in [0.3, 0.4) is 0 Å². The molecular formula is C23H25F3N2O. The molecule has 1 heterocycles. The number of rotatable bonds is 2. The normalized spacial score (nSPS) is 28.4. The molecule has 29 heavy (non-hydrogen) atoms. The Morgan fingerprint density at radius 3 is 2.62 bits per heavy atom. The van der Waals surface area contributed by atoms with Gasteiger partial charge in [0.05, 0.1) is 11.3 Å². The number of nitrogens with one attached hydrogen (secondary N) is 2. The van der Waals surface area contributed by atoms with Gasteiger partial charge < -0.3 is 15.7 Å². The zero-order valence-electron chi connectivity index (χ0n) is 16.1. The second kappa shape index (κ2) is 6.66. The van der Waals surface area contributed by atoms with E-state index in [0.717, 1.165) is 31.5 Å². The minimum absolute atomic E-state index is 0.159. The lowest BCUT2D eigenvalue weighted by atomic mass is 9.53. The average molecular weight is 402 g/mol. The number of benzene rings is 2. The number of hydrogen-bond acceptors (Lipinski definition) is 3. The quantitative estimate of drug-likeness (QED) is 0.581. The Hall–Kier alpha value is -2.21. The van der Waals surface area contributed by atoms with Gasteiger partial charge >= 0.3 is 6.18 Å². The lowest BCUT2D eigenvalue weighted by Gasteiger charge is -2.56. The van der Waals surface area contributed by atoms with Crippen LogP contribution in [-0.2, 0) is 18.0 Å². The zero-order chi connectivity index (χ0) is 20.2. The number of anilines is 2. The molecule has 3 aliphatic rings. The summed E-state index contributed by atoms with van der Waals surface area (Å²) in [5.41, 5.74) is 3.08. The van der Waals surface area contributed by atoms with Crippen molar-refractivity contribution in [2.24, 2.45) is 5.92 Å². The fourth-order valence-corrected chi connectivity index (χ4v) is 5.97. The van der Waals surface area contributed by atoms with E-state index < -0.39 is 11.7 Å². The van der Waals surface area contributed by atoms with Crippen LogP contribution < -0.4 is 10.6 Å². The summed E-state index contributed by atoms with van der Waals surface area (Å²) in [4.78, 5) is 0. The Balaban J connectivity index is 1.48. The molecule has 3 atom stereocenters. The van der Waals surface area contributed by atoms with Gasteiger partial charge in [-0.25, -0.2) is 0 Å². The van der Waals surface area contributed by atoms with E-state index in [9.17, 15) is 18.3 Å². The summed E-state index contributed by atoms with van der Waals surface area (Å²) in [6, 6.07) is 9.29. The van der Waals surface area contributed by atoms with Crippen LogP contribution in [0.1, 0.15) is 48.8 Å². The molecule has 154 valence electrons. The van der Waals surface area contributed by atoms with Crippen molar-refractivity contribution in [2.75, 3.05) is 11.9 Å². The molecule has 0 unspecified atom stereocenters. The monoisotopic (exact) mass is 402 g/mol. The summed E-state index contributed by atoms with van der Waals surface area (Å²) in [6.07, 6.45) is 2.61. The summed E-state index contributed by atoms with van der Waals surface area (Å²) in [6.45, 7) is 1.02. The van der Waals surface area contributed by atoms with Crippen molar-refractivity contribution in [3.05, 3.63) is 53.1 Å². The first-order valence-electron chi connectivity index (χ1n) is 10.4. The molecule has 6 heteroatoms. The third-order valence-corrected chi connectivity index (χ3v) is 7.25. The van der Waals surface area contributed by atoms with Gasteiger partial charge in [-0.15, -0.1) is 0 Å². The van der Waals surface area contributed by atoms with Crippen LogP contribution in [0.2, 0.25) is 0 Å². The number of phenolic OH excluding ortho intramolecular Hbond substituents is 1. The van der Waals surface area contributed by atoms with Crippen molar-refractivity contribution >= 4 is 11.4 Å². The van der Waals surface area contributed by atoms with Crippen molar-refractivity contribution in [3.63, 3.8) is 0 Å². The van der Waals surface area contributed by atoms with Gasteiger partial charge in [-0.05, 0) is 85.7 Å². The molecular weight excluding hydrogens is 377 g/mol. The zero-order valence-corrected chi connectivity index (χ0v) is 16.1. The number of aromatic hydroxyl groups is 1. The Labute approximate surface area is 168 Å². The second-order valence-corrected chi connectivity index (χ2v) is 8.75. The molecule has 1 aliphatic heterocycles. The van der Waals surface area contributed by atoms with Gasteiger partial charge in [0, 0.05) is 17.1 Å². The summed E-state index contributed by atoms with van der Waals surface area (Å²) in [5, 5.41) is 17.5. The van der Waals surface area contributed by atoms with Crippen molar-refractivity contribution in [1.29, 1.82) is 0 Å². The minimum Gasteiger partial charge on any atom is -0.506 e. The smallest absolute Gasteiger partial charge is 0.416 e. The van der Waals surface area contributed by atoms with Crippen LogP contribution in [0.25, 0.3) is 0 Å². The van der Waals surface area contributed by atoms with E-state index in [2.05, 4.69) is 10.6 Å². The molecule has 1 saturated carbocycles. The number of phenols is 1. The molecule has 3 nitrogen and oxygen atoms in total. The molecule has 0 aromatic heterocycles. The summed E-state index contributed by atoms with van der Waals surface area (Å²) in [7, 11) is 0. The van der Waals surface area contributed by atoms with Gasteiger partial charge in [0.25, 0.3) is 0 Å². The van der Waals surface area contributed by atoms with Gasteiger partial charge in [0.15, 0.2) is 0 Å². The molecule has 2 bridgehead atoms. The molecule has 2 aromatic rings. The lowest BCUT2D eigenvalue weighted by molar-refractivity contribution is -0.137. The van der Waals surface area contributed by atoms with Gasteiger partial charge in [-0.1, -0.05) is 12.8 Å². The standard InChI is InChI=1S/C23H25F3N2O/c24-23(25,26)15-4-6-16(7-5-15)28-20-12-14-11-19-17-3-1-2-8-22(17,9-10-27-19)18(14)13-21(20)29/h4-7,12-13,17,19,27-29H,1-3,8-11H2/t17-,19+,22+/m0/s1. The molecule has 1 saturated heterocycles. The first-order chi connectivity index (χ1) is 13.9. The minimum atomic E-state index is -4.35. The second-order valence-electron chi connectivity index (χ2n) is 8.75. The van der Waals surface area contributed by atoms with Gasteiger partial charge in [-0.3, -0.25) is 0 Å². The first kappa shape index (κ1) is 18.8. The van der Waals surface area contributed by atoms with E-state index in [1.165, 1.54) is 48.9 Å². The highest BCUT2D eigenvalue weighted by Crippen LogP contribution is 2.55. The highest BCUT2D eigenvalue weighted by atomic mass is 19.4. The molecule has 0 spiro atoms. The number of piperidine rings is 1. The number of hydrogen-bond donors (Lipinski definition) is 3. The van der Waals surface area contributed by atoms with Crippen LogP contribution in [0.15, 0.2) is 36.4 Å². The fourth-order valence-electron chi connectivity index (χ4n) is 5.97. The maximum atomic E-state index is 12.8. The molecule has 0 radical (unpaired) electrons. The van der Waals surface area contributed by atoms with Crippen LogP contribution >= 0.6 is 0 Å². The molecule has 2 aliphatic carbocycles. The predicted molar refractivity (Wildman–Crippen MR) is 107 cm³/mol. The van der Waals surface area contributed by atoms with Crippen molar-refractivity contribution < 1.29 is 18.3 Å². The van der Waals surface area contributed by atoms with Crippen LogP contribution in [0.5, 0.6) is 5.75 Å². The van der Waals surface area contributed by atoms with E-state index in [1.807, 2.05) is 12.1 Å². The Morgan fingerprint density at radius 1 is 1.07 bits per heavy atom. The maximum absolute atomic E-state index is 12.8. The fraction of sp³-hybridized carbons (Fsp3) is 0.478. The molecule has 2 fully saturated rings. The largest absolute Gasteiger partial charge is 0.506 e. The summed E-state index contributed by atoms with van der Waals surface area (Å²) in [5.74, 6) is 0.796. The first-order valence-corrected chi connectivity index (χ1v) is 10.4. The third-order valence-electron chi connectivity index (χ3n) is 7.25. The van der Waals surface area contributed by atoms with E-state index in [1.54, 1.807) is 0 Å². The topological polar surface area (TPSA) is 44.3 Å². The van der Waals surface area contributed by atoms with Crippen LogP contribution in [-0.4, -0.2) is 17.7 Å². The number of alkyl halides is 3. The van der Waals surface area contributed by atoms with Gasteiger partial charge in [0.1, 0.15) is 5.75 Å². The Kier molecular flexibility index (Phi) is 4.32. The lowest BCUT2D eigenvalue weighted by Crippen LogP contribution is -2.59. The maximum Gasteiger partial charge on any atom is 0.416 e. The molecule has 3 N–H and O–H groups in total. The third kappa shape index (κ3) is 3.08. The molecule has 2 aromatic carbocycles. The summed E-state index contributed by atoms with van der Waals surface area (Å²) >= 11 is 0. The van der Waals surface area contributed by atoms with Crippen LogP contribution in [0.4, 0.5) is 24.5 Å². The summed E-state index contributed by atoms with van der Waals surface area (Å²) < 4.78 is 38.3. The van der Waals surface area contributed by atoms with Crippen LogP contribution in [0, 0.1) is 5.92 Å². The predicted octanol–water partition coefficient (Wildman–Crippen LogP) is 5.50.